The van der Waals surface area contributed by atoms with Gasteiger partial charge in [-0.1, -0.05) is 6.07 Å². The van der Waals surface area contributed by atoms with Crippen molar-refractivity contribution in [3.63, 3.8) is 0 Å². The Bertz CT molecular complexity index is 512. The van der Waals surface area contributed by atoms with Crippen LogP contribution in [0.5, 0.6) is 0 Å². The first kappa shape index (κ1) is 13.6. The van der Waals surface area contributed by atoms with Gasteiger partial charge in [-0.15, -0.1) is 0 Å². The van der Waals surface area contributed by atoms with Gasteiger partial charge in [-0.25, -0.2) is 0 Å². The predicted octanol–water partition coefficient (Wildman–Crippen LogP) is 1.46. The average molecular weight is 273 g/mol. The highest BCUT2D eigenvalue weighted by Gasteiger charge is 2.30. The van der Waals surface area contributed by atoms with Crippen LogP contribution < -0.4 is 5.32 Å². The van der Waals surface area contributed by atoms with Crippen molar-refractivity contribution in [1.29, 1.82) is 0 Å². The highest BCUT2D eigenvalue weighted by Crippen LogP contribution is 2.23. The second-order valence-corrected chi connectivity index (χ2v) is 6.14. The van der Waals surface area contributed by atoms with Gasteiger partial charge in [-0.05, 0) is 50.2 Å². The van der Waals surface area contributed by atoms with E-state index in [2.05, 4.69) is 41.3 Å². The molecule has 4 nitrogen and oxygen atoms in total. The van der Waals surface area contributed by atoms with E-state index in [0.717, 1.165) is 44.6 Å². The summed E-state index contributed by atoms with van der Waals surface area (Å²) in [5, 5.41) is 3.33. The summed E-state index contributed by atoms with van der Waals surface area (Å²) in [4.78, 5) is 17.0. The molecule has 0 saturated carbocycles. The number of hydrogen-bond donors (Lipinski definition) is 1. The molecule has 0 bridgehead atoms. The molecular weight excluding hydrogens is 250 g/mol. The molecule has 1 unspecified atom stereocenters. The molecule has 2 aliphatic heterocycles. The Morgan fingerprint density at radius 1 is 1.35 bits per heavy atom. The van der Waals surface area contributed by atoms with E-state index in [1.165, 1.54) is 11.1 Å². The first-order valence-electron chi connectivity index (χ1n) is 7.43. The van der Waals surface area contributed by atoms with Crippen molar-refractivity contribution < 1.29 is 4.79 Å². The molecule has 2 aliphatic rings. The largest absolute Gasteiger partial charge is 0.334 e. The minimum absolute atomic E-state index is 0.198. The number of likely N-dealkylation sites (tertiary alicyclic amines) is 1. The number of hydrogen-bond acceptors (Lipinski definition) is 3. The molecule has 1 amide bonds. The molecule has 1 fully saturated rings. The molecule has 4 heteroatoms. The summed E-state index contributed by atoms with van der Waals surface area (Å²) in [7, 11) is 4.14. The average Bonchev–Trinajstić information content (AvgIpc) is 3.04. The van der Waals surface area contributed by atoms with Crippen LogP contribution in [0, 0.1) is 0 Å². The molecular formula is C16H23N3O. The fraction of sp³-hybridized carbons (Fsp3) is 0.562. The molecule has 108 valence electrons. The number of nitrogens with zero attached hydrogens (tertiary/aromatic N) is 2. The van der Waals surface area contributed by atoms with E-state index in [1.807, 2.05) is 6.07 Å². The molecule has 2 heterocycles. The second-order valence-electron chi connectivity index (χ2n) is 6.14. The zero-order valence-corrected chi connectivity index (χ0v) is 12.4. The number of benzene rings is 1. The van der Waals surface area contributed by atoms with Crippen molar-refractivity contribution >= 4 is 5.91 Å². The molecule has 0 spiro atoms. The van der Waals surface area contributed by atoms with E-state index in [-0.39, 0.29) is 5.91 Å². The predicted molar refractivity (Wildman–Crippen MR) is 79.6 cm³/mol. The van der Waals surface area contributed by atoms with Crippen LogP contribution in [0.15, 0.2) is 18.2 Å². The highest BCUT2D eigenvalue weighted by molar-refractivity contribution is 5.95. The van der Waals surface area contributed by atoms with E-state index < -0.39 is 0 Å². The minimum Gasteiger partial charge on any atom is -0.334 e. The lowest BCUT2D eigenvalue weighted by Gasteiger charge is -2.27. The SMILES string of the molecule is CN(C)CC1CCCN1C(=O)c1ccc2c(c1)CNC2. The van der Waals surface area contributed by atoms with E-state index in [1.54, 1.807) is 0 Å². The van der Waals surface area contributed by atoms with E-state index >= 15 is 0 Å². The van der Waals surface area contributed by atoms with Crippen LogP contribution in [0.1, 0.15) is 34.3 Å². The Morgan fingerprint density at radius 2 is 2.15 bits per heavy atom. The summed E-state index contributed by atoms with van der Waals surface area (Å²) in [6.07, 6.45) is 2.24. The maximum Gasteiger partial charge on any atom is 0.254 e. The van der Waals surface area contributed by atoms with E-state index in [4.69, 9.17) is 0 Å². The number of amides is 1. The van der Waals surface area contributed by atoms with Gasteiger partial charge < -0.3 is 15.1 Å². The smallest absolute Gasteiger partial charge is 0.254 e. The second kappa shape index (κ2) is 5.54. The highest BCUT2D eigenvalue weighted by atomic mass is 16.2. The van der Waals surface area contributed by atoms with Crippen molar-refractivity contribution in [3.8, 4) is 0 Å². The van der Waals surface area contributed by atoms with Gasteiger partial charge in [0.2, 0.25) is 0 Å². The van der Waals surface area contributed by atoms with Crippen LogP contribution in [0.2, 0.25) is 0 Å². The number of fused-ring (bicyclic) bond motifs is 1. The molecule has 1 saturated heterocycles. The summed E-state index contributed by atoms with van der Waals surface area (Å²) < 4.78 is 0. The van der Waals surface area contributed by atoms with Crippen molar-refractivity contribution in [1.82, 2.24) is 15.1 Å². The Kier molecular flexibility index (Phi) is 3.76. The van der Waals surface area contributed by atoms with Gasteiger partial charge in [0.15, 0.2) is 0 Å². The number of likely N-dealkylation sites (N-methyl/N-ethyl adjacent to an activating group) is 1. The molecule has 3 rings (SSSR count). The Labute approximate surface area is 120 Å². The first-order valence-corrected chi connectivity index (χ1v) is 7.43. The molecule has 0 aromatic heterocycles. The number of carbonyl (C=O) groups excluding carboxylic acids is 1. The molecule has 20 heavy (non-hydrogen) atoms. The fourth-order valence-electron chi connectivity index (χ4n) is 3.31. The zero-order valence-electron chi connectivity index (χ0n) is 12.4. The number of rotatable bonds is 3. The van der Waals surface area contributed by atoms with Crippen LogP contribution in [0.25, 0.3) is 0 Å². The van der Waals surface area contributed by atoms with Crippen molar-refractivity contribution in [2.75, 3.05) is 27.2 Å². The van der Waals surface area contributed by atoms with Crippen molar-refractivity contribution in [2.24, 2.45) is 0 Å². The summed E-state index contributed by atoms with van der Waals surface area (Å²) >= 11 is 0. The van der Waals surface area contributed by atoms with Crippen LogP contribution in [-0.4, -0.2) is 48.9 Å². The monoisotopic (exact) mass is 273 g/mol. The van der Waals surface area contributed by atoms with Gasteiger partial charge in [0, 0.05) is 37.8 Å². The summed E-state index contributed by atoms with van der Waals surface area (Å²) in [6, 6.07) is 6.52. The van der Waals surface area contributed by atoms with Crippen LogP contribution in [-0.2, 0) is 13.1 Å². The number of carbonyl (C=O) groups is 1. The quantitative estimate of drug-likeness (QED) is 0.905. The molecule has 1 aromatic carbocycles. The summed E-state index contributed by atoms with van der Waals surface area (Å²) in [5.41, 5.74) is 3.45. The molecule has 1 N–H and O–H groups in total. The maximum atomic E-state index is 12.7. The first-order chi connectivity index (χ1) is 9.65. The molecule has 1 aromatic rings. The fourth-order valence-corrected chi connectivity index (χ4v) is 3.31. The standard InChI is InChI=1S/C16H23N3O/c1-18(2)11-15-4-3-7-19(15)16(20)12-5-6-13-9-17-10-14(13)8-12/h5-6,8,15,17H,3-4,7,9-11H2,1-2H3. The third-order valence-electron chi connectivity index (χ3n) is 4.30. The topological polar surface area (TPSA) is 35.6 Å². The van der Waals surface area contributed by atoms with Gasteiger partial charge in [0.05, 0.1) is 0 Å². The maximum absolute atomic E-state index is 12.7. The Balaban J connectivity index is 1.78. The van der Waals surface area contributed by atoms with Gasteiger partial charge in [-0.2, -0.15) is 0 Å². The van der Waals surface area contributed by atoms with Gasteiger partial charge >= 0.3 is 0 Å². The van der Waals surface area contributed by atoms with Crippen molar-refractivity contribution in [2.45, 2.75) is 32.0 Å². The van der Waals surface area contributed by atoms with Gasteiger partial charge in [-0.3, -0.25) is 4.79 Å². The van der Waals surface area contributed by atoms with Crippen LogP contribution in [0.4, 0.5) is 0 Å². The normalized spacial score (nSPS) is 21.6. The van der Waals surface area contributed by atoms with E-state index in [0.29, 0.717) is 6.04 Å². The summed E-state index contributed by atoms with van der Waals surface area (Å²) in [5.74, 6) is 0.198. The third kappa shape index (κ3) is 2.58. The van der Waals surface area contributed by atoms with Crippen LogP contribution >= 0.6 is 0 Å². The lowest BCUT2D eigenvalue weighted by atomic mass is 10.1. The van der Waals surface area contributed by atoms with E-state index in [9.17, 15) is 4.79 Å². The third-order valence-corrected chi connectivity index (χ3v) is 4.30. The zero-order chi connectivity index (χ0) is 14.1. The van der Waals surface area contributed by atoms with Crippen LogP contribution in [0.3, 0.4) is 0 Å². The Morgan fingerprint density at radius 3 is 2.95 bits per heavy atom. The van der Waals surface area contributed by atoms with Gasteiger partial charge in [0.25, 0.3) is 5.91 Å². The molecule has 0 radical (unpaired) electrons. The van der Waals surface area contributed by atoms with Gasteiger partial charge in [0.1, 0.15) is 0 Å². The lowest BCUT2D eigenvalue weighted by Crippen LogP contribution is -2.41. The Hall–Kier alpha value is -1.39. The summed E-state index contributed by atoms with van der Waals surface area (Å²) in [6.45, 7) is 3.67. The lowest BCUT2D eigenvalue weighted by molar-refractivity contribution is 0.0716. The molecule has 0 aliphatic carbocycles. The van der Waals surface area contributed by atoms with Crippen molar-refractivity contribution in [3.05, 3.63) is 34.9 Å². The number of nitrogens with one attached hydrogen (secondary N) is 1. The molecule has 1 atom stereocenters. The minimum atomic E-state index is 0.198.